The summed E-state index contributed by atoms with van der Waals surface area (Å²) in [6.45, 7) is 11.0. The van der Waals surface area contributed by atoms with Gasteiger partial charge in [0, 0.05) is 11.4 Å². The Morgan fingerprint density at radius 1 is 0.968 bits per heavy atom. The summed E-state index contributed by atoms with van der Waals surface area (Å²) in [5, 5.41) is 0. The van der Waals surface area contributed by atoms with E-state index < -0.39 is 0 Å². The van der Waals surface area contributed by atoms with E-state index in [1.807, 2.05) is 6.08 Å². The van der Waals surface area contributed by atoms with Gasteiger partial charge in [-0.1, -0.05) is 37.3 Å². The molecule has 0 fully saturated rings. The topological polar surface area (TPSA) is 3.24 Å². The predicted molar refractivity (Wildman–Crippen MR) is 133 cm³/mol. The summed E-state index contributed by atoms with van der Waals surface area (Å²) in [4.78, 5) is 1.24. The summed E-state index contributed by atoms with van der Waals surface area (Å²) in [5.74, 6) is -0.170. The molecule has 0 unspecified atom stereocenters. The second-order valence-electron chi connectivity index (χ2n) is 8.14. The van der Waals surface area contributed by atoms with E-state index in [1.54, 1.807) is 24.1 Å². The van der Waals surface area contributed by atoms with E-state index in [0.29, 0.717) is 0 Å². The van der Waals surface area contributed by atoms with Crippen LogP contribution >= 0.6 is 11.9 Å². The van der Waals surface area contributed by atoms with Gasteiger partial charge in [0.2, 0.25) is 0 Å². The van der Waals surface area contributed by atoms with Crippen LogP contribution in [0.25, 0.3) is 11.1 Å². The average Bonchev–Trinajstić information content (AvgIpc) is 2.74. The van der Waals surface area contributed by atoms with Crippen molar-refractivity contribution in [2.45, 2.75) is 51.5 Å². The molecule has 0 atom stereocenters. The van der Waals surface area contributed by atoms with Gasteiger partial charge < -0.3 is 0 Å². The molecule has 3 heteroatoms. The molecular formula is C28H32FNS. The summed E-state index contributed by atoms with van der Waals surface area (Å²) in [5.41, 5.74) is 8.19. The maximum absolute atomic E-state index is 14.3. The Morgan fingerprint density at radius 3 is 2.48 bits per heavy atom. The fourth-order valence-electron chi connectivity index (χ4n) is 3.72. The van der Waals surface area contributed by atoms with Crippen molar-refractivity contribution in [3.8, 4) is 11.1 Å². The highest BCUT2D eigenvalue weighted by Crippen LogP contribution is 2.30. The molecule has 3 aromatic carbocycles. The molecule has 0 radical (unpaired) electrons. The minimum absolute atomic E-state index is 0.170. The molecule has 1 nitrogen and oxygen atoms in total. The van der Waals surface area contributed by atoms with Crippen LogP contribution in [-0.4, -0.2) is 11.4 Å². The Hall–Kier alpha value is -2.36. The molecule has 3 rings (SSSR count). The van der Waals surface area contributed by atoms with Gasteiger partial charge in [-0.2, -0.15) is 0 Å². The van der Waals surface area contributed by atoms with E-state index in [9.17, 15) is 4.39 Å². The van der Waals surface area contributed by atoms with Gasteiger partial charge in [0.1, 0.15) is 5.82 Å². The van der Waals surface area contributed by atoms with Gasteiger partial charge in [0.25, 0.3) is 0 Å². The first-order valence-corrected chi connectivity index (χ1v) is 11.7. The van der Waals surface area contributed by atoms with Crippen LogP contribution in [0.15, 0.2) is 72.1 Å². The number of halogens is 1. The summed E-state index contributed by atoms with van der Waals surface area (Å²) < 4.78 is 16.5. The largest absolute Gasteiger partial charge is 0.245 e. The van der Waals surface area contributed by atoms with Crippen LogP contribution < -0.4 is 0 Å². The van der Waals surface area contributed by atoms with Gasteiger partial charge >= 0.3 is 0 Å². The van der Waals surface area contributed by atoms with Crippen molar-refractivity contribution in [3.63, 3.8) is 0 Å². The van der Waals surface area contributed by atoms with Gasteiger partial charge in [-0.05, 0) is 121 Å². The van der Waals surface area contributed by atoms with Crippen molar-refractivity contribution in [3.05, 3.63) is 101 Å². The molecule has 3 aromatic rings. The van der Waals surface area contributed by atoms with Crippen LogP contribution in [0.3, 0.4) is 0 Å². The highest BCUT2D eigenvalue weighted by molar-refractivity contribution is 7.97. The molecule has 0 bridgehead atoms. The fourth-order valence-corrected chi connectivity index (χ4v) is 4.65. The normalized spacial score (nSPS) is 11.2. The molecule has 0 saturated heterocycles. The van der Waals surface area contributed by atoms with Crippen LogP contribution in [0.2, 0.25) is 0 Å². The third kappa shape index (κ3) is 6.32. The third-order valence-corrected chi connectivity index (χ3v) is 6.52. The lowest BCUT2D eigenvalue weighted by Crippen LogP contribution is -2.09. The minimum atomic E-state index is -0.170. The Labute approximate surface area is 191 Å². The monoisotopic (exact) mass is 433 g/mol. The molecule has 0 aromatic heterocycles. The highest BCUT2D eigenvalue weighted by atomic mass is 32.2. The molecule has 162 valence electrons. The quantitative estimate of drug-likeness (QED) is 0.249. The van der Waals surface area contributed by atoms with Crippen molar-refractivity contribution >= 4 is 11.9 Å². The Bertz CT molecular complexity index is 1060. The number of rotatable bonds is 9. The van der Waals surface area contributed by atoms with E-state index in [4.69, 9.17) is 0 Å². The zero-order chi connectivity index (χ0) is 22.4. The number of nitrogens with zero attached hydrogens (tertiary/aromatic N) is 1. The molecule has 0 saturated carbocycles. The van der Waals surface area contributed by atoms with Crippen LogP contribution in [0.4, 0.5) is 4.39 Å². The first kappa shape index (κ1) is 23.3. The SMILES string of the molecule is C=CCCc1ccc(CN(C)Sc2ccc(C)c(C)c2)cc1-c1cc(F)cc(CC)c1. The van der Waals surface area contributed by atoms with Crippen molar-refractivity contribution in [2.75, 3.05) is 7.05 Å². The fraction of sp³-hybridized carbons (Fsp3) is 0.286. The number of aryl methyl sites for hydroxylation is 4. The molecule has 31 heavy (non-hydrogen) atoms. The summed E-state index contributed by atoms with van der Waals surface area (Å²) >= 11 is 1.75. The van der Waals surface area contributed by atoms with Crippen LogP contribution in [0, 0.1) is 19.7 Å². The van der Waals surface area contributed by atoms with Gasteiger partial charge in [0.05, 0.1) is 0 Å². The predicted octanol–water partition coefficient (Wildman–Crippen LogP) is 7.93. The highest BCUT2D eigenvalue weighted by Gasteiger charge is 2.11. The maximum atomic E-state index is 14.3. The van der Waals surface area contributed by atoms with Gasteiger partial charge in [0.15, 0.2) is 0 Å². The first-order chi connectivity index (χ1) is 14.9. The first-order valence-electron chi connectivity index (χ1n) is 10.9. The smallest absolute Gasteiger partial charge is 0.124 e. The molecule has 0 N–H and O–H groups in total. The molecular weight excluding hydrogens is 401 g/mol. The maximum Gasteiger partial charge on any atom is 0.124 e. The van der Waals surface area contributed by atoms with Gasteiger partial charge in [-0.15, -0.1) is 6.58 Å². The zero-order valence-corrected chi connectivity index (χ0v) is 19.9. The minimum Gasteiger partial charge on any atom is -0.245 e. The molecule has 0 amide bonds. The van der Waals surface area contributed by atoms with Crippen molar-refractivity contribution in [2.24, 2.45) is 0 Å². The van der Waals surface area contributed by atoms with E-state index in [0.717, 1.165) is 42.5 Å². The Morgan fingerprint density at radius 2 is 1.77 bits per heavy atom. The number of hydrogen-bond donors (Lipinski definition) is 0. The molecule has 0 aliphatic heterocycles. The Kier molecular flexibility index (Phi) is 8.11. The van der Waals surface area contributed by atoms with E-state index in [1.165, 1.54) is 27.1 Å². The van der Waals surface area contributed by atoms with Gasteiger partial charge in [-0.25, -0.2) is 8.70 Å². The lowest BCUT2D eigenvalue weighted by molar-refractivity contribution is 0.564. The second-order valence-corrected chi connectivity index (χ2v) is 9.42. The van der Waals surface area contributed by atoms with Crippen molar-refractivity contribution in [1.82, 2.24) is 4.31 Å². The van der Waals surface area contributed by atoms with Crippen LogP contribution in [0.5, 0.6) is 0 Å². The molecule has 0 heterocycles. The summed E-state index contributed by atoms with van der Waals surface area (Å²) in [6, 6.07) is 18.6. The lowest BCUT2D eigenvalue weighted by Gasteiger charge is -2.18. The van der Waals surface area contributed by atoms with E-state index >= 15 is 0 Å². The standard InChI is InChI=1S/C28H32FNS/c1-6-8-9-24-12-11-23(17-28(24)25-15-22(7-2)16-26(29)18-25)19-30(5)31-27-13-10-20(3)21(4)14-27/h6,10-18H,1,7-9,19H2,2-5H3. The Balaban J connectivity index is 1.87. The van der Waals surface area contributed by atoms with E-state index in [-0.39, 0.29) is 5.82 Å². The zero-order valence-electron chi connectivity index (χ0n) is 19.0. The summed E-state index contributed by atoms with van der Waals surface area (Å²) in [6.07, 6.45) is 4.58. The van der Waals surface area contributed by atoms with Crippen molar-refractivity contribution < 1.29 is 4.39 Å². The van der Waals surface area contributed by atoms with Crippen LogP contribution in [0.1, 0.15) is 41.2 Å². The average molecular weight is 434 g/mol. The molecule has 0 spiro atoms. The second kappa shape index (κ2) is 10.8. The van der Waals surface area contributed by atoms with Crippen molar-refractivity contribution in [1.29, 1.82) is 0 Å². The molecule has 0 aliphatic carbocycles. The lowest BCUT2D eigenvalue weighted by atomic mass is 9.93. The van der Waals surface area contributed by atoms with Crippen LogP contribution in [-0.2, 0) is 19.4 Å². The van der Waals surface area contributed by atoms with E-state index in [2.05, 4.69) is 81.2 Å². The third-order valence-electron chi connectivity index (χ3n) is 5.61. The molecule has 0 aliphatic rings. The number of hydrogen-bond acceptors (Lipinski definition) is 2. The number of allylic oxidation sites excluding steroid dienone is 1. The van der Waals surface area contributed by atoms with Gasteiger partial charge in [-0.3, -0.25) is 0 Å². The summed E-state index contributed by atoms with van der Waals surface area (Å²) in [7, 11) is 2.11. The number of benzene rings is 3.